The average molecular weight is 400 g/mol. The molecule has 0 aliphatic carbocycles. The molecule has 1 atom stereocenters. The van der Waals surface area contributed by atoms with Gasteiger partial charge in [-0.2, -0.15) is 0 Å². The van der Waals surface area contributed by atoms with Crippen molar-refractivity contribution in [3.8, 4) is 0 Å². The van der Waals surface area contributed by atoms with Crippen LogP contribution in [-0.4, -0.2) is 52.8 Å². The number of aliphatic hydroxyl groups excluding tert-OH is 1. The van der Waals surface area contributed by atoms with E-state index in [1.54, 1.807) is 38.1 Å². The molecule has 7 nitrogen and oxygen atoms in total. The minimum absolute atomic E-state index is 0.00143. The second kappa shape index (κ2) is 8.69. The van der Waals surface area contributed by atoms with Gasteiger partial charge in [0.15, 0.2) is 11.5 Å². The summed E-state index contributed by atoms with van der Waals surface area (Å²) >= 11 is 0. The van der Waals surface area contributed by atoms with Crippen molar-refractivity contribution in [1.29, 1.82) is 0 Å². The van der Waals surface area contributed by atoms with Crippen molar-refractivity contribution < 1.29 is 23.5 Å². The van der Waals surface area contributed by atoms with E-state index < -0.39 is 23.5 Å². The number of Topliss-reactive ketones (excluding diaryl/α,β-unsaturated/α-hetero) is 1. The lowest BCUT2D eigenvalue weighted by Crippen LogP contribution is -2.34. The topological polar surface area (TPSA) is 87.1 Å². The van der Waals surface area contributed by atoms with E-state index >= 15 is 0 Å². The Morgan fingerprint density at radius 2 is 1.76 bits per heavy atom. The summed E-state index contributed by atoms with van der Waals surface area (Å²) in [6.07, 6.45) is 0.720. The van der Waals surface area contributed by atoms with E-state index in [2.05, 4.69) is 18.7 Å². The number of carbonyl (C=O) groups excluding carboxylic acids is 2. The van der Waals surface area contributed by atoms with Gasteiger partial charge in [-0.15, -0.1) is 0 Å². The Morgan fingerprint density at radius 1 is 1.10 bits per heavy atom. The fourth-order valence-corrected chi connectivity index (χ4v) is 3.71. The van der Waals surface area contributed by atoms with Crippen molar-refractivity contribution in [2.45, 2.75) is 40.2 Å². The molecule has 3 rings (SSSR count). The molecule has 1 amide bonds. The van der Waals surface area contributed by atoms with Crippen molar-refractivity contribution in [1.82, 2.24) is 9.80 Å². The SMILES string of the molecule is CCN(CC)CCCN1C(=O)C(O)=C(C(=O)c2ccc(C)o2)[C@@H]1c1ccc(C)o1. The Hall–Kier alpha value is -2.80. The van der Waals surface area contributed by atoms with Crippen LogP contribution in [0.1, 0.15) is 54.1 Å². The molecule has 2 aromatic heterocycles. The largest absolute Gasteiger partial charge is 0.503 e. The zero-order chi connectivity index (χ0) is 21.1. The number of amides is 1. The molecule has 3 heterocycles. The van der Waals surface area contributed by atoms with Gasteiger partial charge < -0.3 is 23.7 Å². The van der Waals surface area contributed by atoms with E-state index in [0.29, 0.717) is 23.8 Å². The first kappa shape index (κ1) is 20.9. The first-order valence-electron chi connectivity index (χ1n) is 10.0. The maximum absolute atomic E-state index is 13.1. The molecule has 0 spiro atoms. The predicted octanol–water partition coefficient (Wildman–Crippen LogP) is 3.80. The van der Waals surface area contributed by atoms with Crippen LogP contribution in [0.5, 0.6) is 0 Å². The van der Waals surface area contributed by atoms with Gasteiger partial charge >= 0.3 is 0 Å². The zero-order valence-electron chi connectivity index (χ0n) is 17.4. The maximum Gasteiger partial charge on any atom is 0.290 e. The van der Waals surface area contributed by atoms with Gasteiger partial charge in [0.2, 0.25) is 5.78 Å². The standard InChI is InChI=1S/C22H28N2O5/c1-5-23(6-2)12-7-13-24-19(16-10-8-14(3)28-16)18(21(26)22(24)27)20(25)17-11-9-15(4)29-17/h8-11,19,26H,5-7,12-13H2,1-4H3/t19-/m0/s1. The van der Waals surface area contributed by atoms with Crippen LogP contribution in [0.4, 0.5) is 0 Å². The highest BCUT2D eigenvalue weighted by Crippen LogP contribution is 2.39. The normalized spacial score (nSPS) is 17.1. The Balaban J connectivity index is 1.91. The molecular formula is C22H28N2O5. The Bertz CT molecular complexity index is 919. The van der Waals surface area contributed by atoms with E-state index in [9.17, 15) is 14.7 Å². The summed E-state index contributed by atoms with van der Waals surface area (Å²) in [5, 5.41) is 10.6. The molecule has 1 aliphatic heterocycles. The first-order chi connectivity index (χ1) is 13.9. The summed E-state index contributed by atoms with van der Waals surface area (Å²) in [5.41, 5.74) is 0.00143. The van der Waals surface area contributed by atoms with E-state index in [0.717, 1.165) is 26.1 Å². The molecule has 0 bridgehead atoms. The number of aliphatic hydroxyl groups is 1. The Labute approximate surface area is 170 Å². The molecule has 7 heteroatoms. The molecule has 0 saturated heterocycles. The molecule has 0 saturated carbocycles. The predicted molar refractivity (Wildman–Crippen MR) is 108 cm³/mol. The summed E-state index contributed by atoms with van der Waals surface area (Å²) in [6, 6.07) is 5.98. The molecule has 156 valence electrons. The van der Waals surface area contributed by atoms with Crippen molar-refractivity contribution in [2.75, 3.05) is 26.2 Å². The lowest BCUT2D eigenvalue weighted by Gasteiger charge is -2.26. The third kappa shape index (κ3) is 4.15. The van der Waals surface area contributed by atoms with E-state index in [1.807, 2.05) is 0 Å². The van der Waals surface area contributed by atoms with Crippen molar-refractivity contribution in [3.05, 3.63) is 58.6 Å². The van der Waals surface area contributed by atoms with Crippen LogP contribution < -0.4 is 0 Å². The van der Waals surface area contributed by atoms with Gasteiger partial charge in [0.05, 0.1) is 5.57 Å². The van der Waals surface area contributed by atoms with Gasteiger partial charge in [-0.25, -0.2) is 0 Å². The van der Waals surface area contributed by atoms with Gasteiger partial charge in [-0.1, -0.05) is 13.8 Å². The van der Waals surface area contributed by atoms with Gasteiger partial charge in [0, 0.05) is 6.54 Å². The Morgan fingerprint density at radius 3 is 2.31 bits per heavy atom. The molecule has 1 N–H and O–H groups in total. The van der Waals surface area contributed by atoms with Gasteiger partial charge in [-0.05, 0) is 64.2 Å². The summed E-state index contributed by atoms with van der Waals surface area (Å²) < 4.78 is 11.2. The number of aryl methyl sites for hydroxylation is 2. The number of rotatable bonds is 9. The summed E-state index contributed by atoms with van der Waals surface area (Å²) in [4.78, 5) is 29.7. The number of ketones is 1. The summed E-state index contributed by atoms with van der Waals surface area (Å²) in [6.45, 7) is 10.8. The monoisotopic (exact) mass is 400 g/mol. The van der Waals surface area contributed by atoms with Crippen LogP contribution >= 0.6 is 0 Å². The maximum atomic E-state index is 13.1. The van der Waals surface area contributed by atoms with Gasteiger partial charge in [0.1, 0.15) is 23.3 Å². The molecule has 29 heavy (non-hydrogen) atoms. The lowest BCUT2D eigenvalue weighted by atomic mass is 9.99. The first-order valence-corrected chi connectivity index (χ1v) is 10.0. The lowest BCUT2D eigenvalue weighted by molar-refractivity contribution is -0.129. The fourth-order valence-electron chi connectivity index (χ4n) is 3.71. The number of nitrogens with zero attached hydrogens (tertiary/aromatic N) is 2. The van der Waals surface area contributed by atoms with Crippen molar-refractivity contribution >= 4 is 11.7 Å². The van der Waals surface area contributed by atoms with Gasteiger partial charge in [-0.3, -0.25) is 9.59 Å². The highest BCUT2D eigenvalue weighted by atomic mass is 16.4. The van der Waals surface area contributed by atoms with Crippen molar-refractivity contribution in [2.24, 2.45) is 0 Å². The van der Waals surface area contributed by atoms with E-state index in [1.165, 1.54) is 4.90 Å². The fraction of sp³-hybridized carbons (Fsp3) is 0.455. The van der Waals surface area contributed by atoms with Crippen LogP contribution in [0, 0.1) is 13.8 Å². The van der Waals surface area contributed by atoms with Crippen LogP contribution in [-0.2, 0) is 4.79 Å². The second-order valence-electron chi connectivity index (χ2n) is 7.23. The molecule has 1 aliphatic rings. The van der Waals surface area contributed by atoms with Crippen LogP contribution in [0.25, 0.3) is 0 Å². The minimum atomic E-state index is -0.772. The highest BCUT2D eigenvalue weighted by Gasteiger charge is 2.45. The smallest absolute Gasteiger partial charge is 0.290 e. The van der Waals surface area contributed by atoms with Gasteiger partial charge in [0.25, 0.3) is 5.91 Å². The molecule has 0 radical (unpaired) electrons. The van der Waals surface area contributed by atoms with Crippen LogP contribution in [0.15, 0.2) is 44.4 Å². The third-order valence-corrected chi connectivity index (χ3v) is 5.31. The number of hydrogen-bond acceptors (Lipinski definition) is 6. The zero-order valence-corrected chi connectivity index (χ0v) is 17.4. The van der Waals surface area contributed by atoms with Crippen LogP contribution in [0.3, 0.4) is 0 Å². The van der Waals surface area contributed by atoms with Crippen LogP contribution in [0.2, 0.25) is 0 Å². The highest BCUT2D eigenvalue weighted by molar-refractivity contribution is 6.14. The summed E-state index contributed by atoms with van der Waals surface area (Å²) in [5.74, 6) is 0.196. The molecule has 0 unspecified atom stereocenters. The average Bonchev–Trinajstić information content (AvgIpc) is 3.39. The molecule has 0 aromatic carbocycles. The third-order valence-electron chi connectivity index (χ3n) is 5.31. The molecule has 0 fully saturated rings. The second-order valence-corrected chi connectivity index (χ2v) is 7.23. The minimum Gasteiger partial charge on any atom is -0.503 e. The molecule has 2 aromatic rings. The number of carbonyl (C=O) groups is 2. The Kier molecular flexibility index (Phi) is 6.27. The van der Waals surface area contributed by atoms with E-state index in [-0.39, 0.29) is 11.3 Å². The summed E-state index contributed by atoms with van der Waals surface area (Å²) in [7, 11) is 0. The molecular weight excluding hydrogens is 372 g/mol. The quantitative estimate of drug-likeness (QED) is 0.644. The van der Waals surface area contributed by atoms with Crippen molar-refractivity contribution in [3.63, 3.8) is 0 Å². The number of furan rings is 2. The van der Waals surface area contributed by atoms with E-state index in [4.69, 9.17) is 8.83 Å². The number of hydrogen-bond donors (Lipinski definition) is 1.